The van der Waals surface area contributed by atoms with Gasteiger partial charge >= 0.3 is 0 Å². The molecule has 6 nitrogen and oxygen atoms in total. The Bertz CT molecular complexity index is 583. The number of benzene rings is 1. The lowest BCUT2D eigenvalue weighted by Gasteiger charge is -2.10. The van der Waals surface area contributed by atoms with E-state index in [-0.39, 0.29) is 5.84 Å². The summed E-state index contributed by atoms with van der Waals surface area (Å²) in [5, 5.41) is 11.2. The number of amidine groups is 1. The molecule has 0 aliphatic rings. The van der Waals surface area contributed by atoms with Gasteiger partial charge in [0.15, 0.2) is 0 Å². The molecule has 4 N–H and O–H groups in total. The summed E-state index contributed by atoms with van der Waals surface area (Å²) in [5.41, 5.74) is 6.96. The number of nitrogens with zero attached hydrogens (tertiary/aromatic N) is 1. The highest BCUT2D eigenvalue weighted by Crippen LogP contribution is 2.16. The first-order valence-corrected chi connectivity index (χ1v) is 7.88. The maximum atomic E-state index is 12.2. The van der Waals surface area contributed by atoms with Crippen molar-refractivity contribution in [2.45, 2.75) is 38.0 Å². The zero-order chi connectivity index (χ0) is 15.2. The molecule has 7 heteroatoms. The van der Waals surface area contributed by atoms with Crippen molar-refractivity contribution < 1.29 is 13.6 Å². The van der Waals surface area contributed by atoms with Crippen LogP contribution in [-0.4, -0.2) is 26.0 Å². The van der Waals surface area contributed by atoms with E-state index >= 15 is 0 Å². The lowest BCUT2D eigenvalue weighted by atomic mass is 10.2. The minimum atomic E-state index is -3.48. The standard InChI is InChI=1S/C13H21N3O3S/c1-10-6-7-11(2)12(9-10)20(18,19)15-8-4-3-5-13(14)16-17/h6-7,9,15,17H,3-5,8H2,1-2H3,(H2,14,16). The Morgan fingerprint density at radius 1 is 1.35 bits per heavy atom. The van der Waals surface area contributed by atoms with Crippen LogP contribution in [0.25, 0.3) is 0 Å². The van der Waals surface area contributed by atoms with Crippen LogP contribution in [0.1, 0.15) is 30.4 Å². The third kappa shape index (κ3) is 4.82. The van der Waals surface area contributed by atoms with Crippen LogP contribution in [0.3, 0.4) is 0 Å². The van der Waals surface area contributed by atoms with Crippen molar-refractivity contribution in [1.29, 1.82) is 0 Å². The zero-order valence-corrected chi connectivity index (χ0v) is 12.6. The summed E-state index contributed by atoms with van der Waals surface area (Å²) in [6.45, 7) is 3.95. The normalized spacial score (nSPS) is 12.6. The Labute approximate surface area is 119 Å². The summed E-state index contributed by atoms with van der Waals surface area (Å²) in [6.07, 6.45) is 1.73. The van der Waals surface area contributed by atoms with Crippen LogP contribution in [0, 0.1) is 13.8 Å². The molecule has 0 aromatic heterocycles. The molecule has 0 atom stereocenters. The molecular weight excluding hydrogens is 278 g/mol. The molecular formula is C13H21N3O3S. The van der Waals surface area contributed by atoms with Gasteiger partial charge in [0.1, 0.15) is 5.84 Å². The molecule has 0 aliphatic heterocycles. The van der Waals surface area contributed by atoms with Crippen LogP contribution >= 0.6 is 0 Å². The van der Waals surface area contributed by atoms with Crippen LogP contribution in [0.2, 0.25) is 0 Å². The molecule has 112 valence electrons. The Morgan fingerprint density at radius 3 is 2.70 bits per heavy atom. The second kappa shape index (κ2) is 7.25. The molecule has 0 fully saturated rings. The first kappa shape index (κ1) is 16.5. The molecule has 0 aliphatic carbocycles. The fourth-order valence-electron chi connectivity index (χ4n) is 1.76. The van der Waals surface area contributed by atoms with E-state index in [4.69, 9.17) is 10.9 Å². The first-order chi connectivity index (χ1) is 9.36. The van der Waals surface area contributed by atoms with Gasteiger partial charge in [-0.05, 0) is 43.9 Å². The molecule has 1 aromatic rings. The fraction of sp³-hybridized carbons (Fsp3) is 0.462. The Hall–Kier alpha value is -1.60. The number of nitrogens with two attached hydrogens (primary N) is 1. The van der Waals surface area contributed by atoms with Gasteiger partial charge in [0, 0.05) is 13.0 Å². The average Bonchev–Trinajstić information content (AvgIpc) is 2.40. The van der Waals surface area contributed by atoms with E-state index in [9.17, 15) is 8.42 Å². The summed E-state index contributed by atoms with van der Waals surface area (Å²) in [6, 6.07) is 5.34. The number of sulfonamides is 1. The molecule has 0 amide bonds. The quantitative estimate of drug-likeness (QED) is 0.233. The van der Waals surface area contributed by atoms with E-state index in [0.717, 1.165) is 11.1 Å². The Balaban J connectivity index is 2.56. The molecule has 1 rings (SSSR count). The molecule has 0 heterocycles. The number of oxime groups is 1. The molecule has 0 bridgehead atoms. The highest BCUT2D eigenvalue weighted by Gasteiger charge is 2.15. The number of hydrogen-bond donors (Lipinski definition) is 3. The van der Waals surface area contributed by atoms with Crippen LogP contribution in [0.15, 0.2) is 28.3 Å². The molecule has 0 unspecified atom stereocenters. The maximum absolute atomic E-state index is 12.2. The second-order valence-electron chi connectivity index (χ2n) is 4.72. The molecule has 0 saturated carbocycles. The minimum absolute atomic E-state index is 0.155. The van der Waals surface area contributed by atoms with Crippen molar-refractivity contribution in [1.82, 2.24) is 4.72 Å². The molecule has 20 heavy (non-hydrogen) atoms. The van der Waals surface area contributed by atoms with E-state index in [2.05, 4.69) is 9.88 Å². The highest BCUT2D eigenvalue weighted by atomic mass is 32.2. The Kier molecular flexibility index (Phi) is 5.97. The van der Waals surface area contributed by atoms with Crippen molar-refractivity contribution in [2.75, 3.05) is 6.54 Å². The van der Waals surface area contributed by atoms with Crippen molar-refractivity contribution >= 4 is 15.9 Å². The van der Waals surface area contributed by atoms with Crippen LogP contribution in [0.4, 0.5) is 0 Å². The summed E-state index contributed by atoms with van der Waals surface area (Å²) in [5.74, 6) is 0.155. The van der Waals surface area contributed by atoms with Gasteiger partial charge in [-0.1, -0.05) is 17.3 Å². The molecule has 0 radical (unpaired) electrons. The van der Waals surface area contributed by atoms with Gasteiger partial charge in [-0.2, -0.15) is 0 Å². The number of nitrogens with one attached hydrogen (secondary N) is 1. The van der Waals surface area contributed by atoms with Crippen LogP contribution < -0.4 is 10.5 Å². The lowest BCUT2D eigenvalue weighted by molar-refractivity contribution is 0.316. The van der Waals surface area contributed by atoms with Gasteiger partial charge in [-0.3, -0.25) is 0 Å². The highest BCUT2D eigenvalue weighted by molar-refractivity contribution is 7.89. The van der Waals surface area contributed by atoms with Crippen LogP contribution in [-0.2, 0) is 10.0 Å². The average molecular weight is 299 g/mol. The molecule has 0 spiro atoms. The zero-order valence-electron chi connectivity index (χ0n) is 11.8. The first-order valence-electron chi connectivity index (χ1n) is 6.40. The number of rotatable bonds is 7. The largest absolute Gasteiger partial charge is 0.409 e. The van der Waals surface area contributed by atoms with E-state index < -0.39 is 10.0 Å². The summed E-state index contributed by atoms with van der Waals surface area (Å²) >= 11 is 0. The lowest BCUT2D eigenvalue weighted by Crippen LogP contribution is -2.25. The van der Waals surface area contributed by atoms with Gasteiger partial charge in [0.05, 0.1) is 4.90 Å². The predicted octanol–water partition coefficient (Wildman–Crippen LogP) is 1.50. The van der Waals surface area contributed by atoms with Crippen molar-refractivity contribution in [3.8, 4) is 0 Å². The summed E-state index contributed by atoms with van der Waals surface area (Å²) < 4.78 is 26.9. The number of hydrogen-bond acceptors (Lipinski definition) is 4. The van der Waals surface area contributed by atoms with Crippen molar-refractivity contribution in [2.24, 2.45) is 10.9 Å². The molecule has 1 aromatic carbocycles. The van der Waals surface area contributed by atoms with Crippen molar-refractivity contribution in [3.63, 3.8) is 0 Å². The maximum Gasteiger partial charge on any atom is 0.240 e. The molecule has 0 saturated heterocycles. The SMILES string of the molecule is Cc1ccc(C)c(S(=O)(=O)NCCCCC(N)=NO)c1. The predicted molar refractivity (Wildman–Crippen MR) is 78.4 cm³/mol. The number of unbranched alkanes of at least 4 members (excludes halogenated alkanes) is 1. The monoisotopic (exact) mass is 299 g/mol. The summed E-state index contributed by atoms with van der Waals surface area (Å²) in [7, 11) is -3.48. The van der Waals surface area contributed by atoms with E-state index in [1.807, 2.05) is 13.0 Å². The van der Waals surface area contributed by atoms with Crippen molar-refractivity contribution in [3.05, 3.63) is 29.3 Å². The van der Waals surface area contributed by atoms with Gasteiger partial charge in [0.2, 0.25) is 10.0 Å². The summed E-state index contributed by atoms with van der Waals surface area (Å²) in [4.78, 5) is 0.314. The van der Waals surface area contributed by atoms with Crippen LogP contribution in [0.5, 0.6) is 0 Å². The Morgan fingerprint density at radius 2 is 2.05 bits per heavy atom. The third-order valence-corrected chi connectivity index (χ3v) is 4.52. The smallest absolute Gasteiger partial charge is 0.240 e. The van der Waals surface area contributed by atoms with E-state index in [1.54, 1.807) is 19.1 Å². The minimum Gasteiger partial charge on any atom is -0.409 e. The van der Waals surface area contributed by atoms with Gasteiger partial charge < -0.3 is 10.9 Å². The third-order valence-electron chi connectivity index (χ3n) is 2.91. The topological polar surface area (TPSA) is 105 Å². The second-order valence-corrected chi connectivity index (χ2v) is 6.45. The fourth-order valence-corrected chi connectivity index (χ4v) is 3.16. The number of aryl methyl sites for hydroxylation is 2. The van der Waals surface area contributed by atoms with Gasteiger partial charge in [0.25, 0.3) is 0 Å². The van der Waals surface area contributed by atoms with Gasteiger partial charge in [-0.25, -0.2) is 13.1 Å². The van der Waals surface area contributed by atoms with E-state index in [0.29, 0.717) is 30.7 Å². The van der Waals surface area contributed by atoms with Gasteiger partial charge in [-0.15, -0.1) is 0 Å². The van der Waals surface area contributed by atoms with E-state index in [1.165, 1.54) is 0 Å².